The molecule has 5 nitrogen and oxygen atoms in total. The summed E-state index contributed by atoms with van der Waals surface area (Å²) in [6.45, 7) is 3.83. The van der Waals surface area contributed by atoms with Gasteiger partial charge in [-0.2, -0.15) is 0 Å². The third-order valence-corrected chi connectivity index (χ3v) is 1.88. The first-order chi connectivity index (χ1) is 6.58. The Morgan fingerprint density at radius 1 is 1.43 bits per heavy atom. The zero-order chi connectivity index (χ0) is 11.0. The molecule has 0 saturated carbocycles. The summed E-state index contributed by atoms with van der Waals surface area (Å²) in [7, 11) is 0. The normalized spacial score (nSPS) is 11.4. The van der Waals surface area contributed by atoms with Crippen molar-refractivity contribution in [3.63, 3.8) is 0 Å². The Morgan fingerprint density at radius 2 is 2.00 bits per heavy atom. The van der Waals surface area contributed by atoms with Crippen molar-refractivity contribution in [1.82, 2.24) is 5.32 Å². The molecule has 0 aliphatic rings. The smallest absolute Gasteiger partial charge is 0.307 e. The highest BCUT2D eigenvalue weighted by molar-refractivity contribution is 5.69. The largest absolute Gasteiger partial charge is 0.466 e. The Labute approximate surface area is 84.1 Å². The Balaban J connectivity index is 3.66. The summed E-state index contributed by atoms with van der Waals surface area (Å²) in [5.74, 6) is -0.279. The average molecular weight is 205 g/mol. The fourth-order valence-electron chi connectivity index (χ4n) is 0.861. The van der Waals surface area contributed by atoms with Gasteiger partial charge in [0.2, 0.25) is 0 Å². The van der Waals surface area contributed by atoms with E-state index in [1.54, 1.807) is 13.8 Å². The number of rotatable bonds is 7. The van der Waals surface area contributed by atoms with Gasteiger partial charge in [0.15, 0.2) is 0 Å². The molecule has 0 spiro atoms. The summed E-state index contributed by atoms with van der Waals surface area (Å²) in [5, 5.41) is 20.7. The van der Waals surface area contributed by atoms with Crippen molar-refractivity contribution in [3.8, 4) is 0 Å². The van der Waals surface area contributed by atoms with Crippen LogP contribution >= 0.6 is 0 Å². The molecule has 3 N–H and O–H groups in total. The highest BCUT2D eigenvalue weighted by atomic mass is 16.5. The molecule has 0 aromatic rings. The standard InChI is InChI=1S/C9H19NO4/c1-3-14-8(13)4-5-10-9(2,6-11)7-12/h10-12H,3-7H2,1-2H3. The molecule has 0 aliphatic carbocycles. The molecule has 5 heteroatoms. The molecule has 0 rings (SSSR count). The van der Waals surface area contributed by atoms with E-state index in [1.807, 2.05) is 0 Å². The molecule has 0 radical (unpaired) electrons. The molecule has 0 aromatic carbocycles. The van der Waals surface area contributed by atoms with E-state index >= 15 is 0 Å². The molecule has 0 unspecified atom stereocenters. The van der Waals surface area contributed by atoms with Gasteiger partial charge in [-0.15, -0.1) is 0 Å². The second-order valence-electron chi connectivity index (χ2n) is 3.36. The van der Waals surface area contributed by atoms with Crippen molar-refractivity contribution in [2.75, 3.05) is 26.4 Å². The minimum atomic E-state index is -0.730. The van der Waals surface area contributed by atoms with Crippen molar-refractivity contribution in [3.05, 3.63) is 0 Å². The lowest BCUT2D eigenvalue weighted by molar-refractivity contribution is -0.143. The summed E-state index contributed by atoms with van der Waals surface area (Å²) in [5.41, 5.74) is -0.730. The third kappa shape index (κ3) is 5.16. The number of aliphatic hydroxyl groups is 2. The monoisotopic (exact) mass is 205 g/mol. The number of carbonyl (C=O) groups excluding carboxylic acids is 1. The topological polar surface area (TPSA) is 78.8 Å². The lowest BCUT2D eigenvalue weighted by Gasteiger charge is -2.25. The third-order valence-electron chi connectivity index (χ3n) is 1.88. The van der Waals surface area contributed by atoms with Gasteiger partial charge in [-0.1, -0.05) is 0 Å². The molecule has 0 amide bonds. The molecule has 0 bridgehead atoms. The average Bonchev–Trinajstić information content (AvgIpc) is 2.18. The summed E-state index contributed by atoms with van der Waals surface area (Å²) >= 11 is 0. The zero-order valence-corrected chi connectivity index (χ0v) is 8.75. The summed E-state index contributed by atoms with van der Waals surface area (Å²) in [4.78, 5) is 10.9. The Hall–Kier alpha value is -0.650. The SMILES string of the molecule is CCOC(=O)CCNC(C)(CO)CO. The van der Waals surface area contributed by atoms with Gasteiger partial charge >= 0.3 is 5.97 Å². The van der Waals surface area contributed by atoms with Crippen LogP contribution in [0.2, 0.25) is 0 Å². The van der Waals surface area contributed by atoms with E-state index in [9.17, 15) is 4.79 Å². The molecule has 0 fully saturated rings. The van der Waals surface area contributed by atoms with Crippen LogP contribution in [0, 0.1) is 0 Å². The fraction of sp³-hybridized carbons (Fsp3) is 0.889. The van der Waals surface area contributed by atoms with Crippen LogP contribution in [0.5, 0.6) is 0 Å². The number of aliphatic hydroxyl groups excluding tert-OH is 2. The minimum absolute atomic E-state index is 0.174. The Morgan fingerprint density at radius 3 is 2.43 bits per heavy atom. The predicted molar refractivity (Wildman–Crippen MR) is 51.8 cm³/mol. The second kappa shape index (κ2) is 6.75. The van der Waals surface area contributed by atoms with Gasteiger partial charge in [-0.3, -0.25) is 4.79 Å². The minimum Gasteiger partial charge on any atom is -0.466 e. The van der Waals surface area contributed by atoms with Crippen LogP contribution in [-0.4, -0.2) is 48.1 Å². The van der Waals surface area contributed by atoms with Crippen molar-refractivity contribution in [2.45, 2.75) is 25.8 Å². The van der Waals surface area contributed by atoms with E-state index in [1.165, 1.54) is 0 Å². The van der Waals surface area contributed by atoms with E-state index in [0.29, 0.717) is 13.2 Å². The lowest BCUT2D eigenvalue weighted by atomic mass is 10.1. The summed E-state index contributed by atoms with van der Waals surface area (Å²) in [6.07, 6.45) is 0.240. The van der Waals surface area contributed by atoms with E-state index in [0.717, 1.165) is 0 Å². The first-order valence-corrected chi connectivity index (χ1v) is 4.70. The number of ether oxygens (including phenoxy) is 1. The van der Waals surface area contributed by atoms with E-state index in [-0.39, 0.29) is 25.6 Å². The van der Waals surface area contributed by atoms with Crippen molar-refractivity contribution >= 4 is 5.97 Å². The van der Waals surface area contributed by atoms with Gasteiger partial charge in [0, 0.05) is 6.54 Å². The van der Waals surface area contributed by atoms with Crippen LogP contribution in [-0.2, 0) is 9.53 Å². The quantitative estimate of drug-likeness (QED) is 0.478. The lowest BCUT2D eigenvalue weighted by Crippen LogP contribution is -2.49. The van der Waals surface area contributed by atoms with E-state index in [4.69, 9.17) is 14.9 Å². The van der Waals surface area contributed by atoms with Crippen molar-refractivity contribution in [1.29, 1.82) is 0 Å². The first-order valence-electron chi connectivity index (χ1n) is 4.70. The molecule has 14 heavy (non-hydrogen) atoms. The van der Waals surface area contributed by atoms with Gasteiger partial charge < -0.3 is 20.3 Å². The number of hydrogen-bond donors (Lipinski definition) is 3. The van der Waals surface area contributed by atoms with Crippen LogP contribution < -0.4 is 5.32 Å². The number of carbonyl (C=O) groups is 1. The summed E-state index contributed by atoms with van der Waals surface area (Å²) < 4.78 is 4.72. The highest BCUT2D eigenvalue weighted by Gasteiger charge is 2.21. The number of esters is 1. The first kappa shape index (κ1) is 13.4. The van der Waals surface area contributed by atoms with Crippen LogP contribution in [0.4, 0.5) is 0 Å². The van der Waals surface area contributed by atoms with E-state index < -0.39 is 5.54 Å². The van der Waals surface area contributed by atoms with Gasteiger partial charge in [0.1, 0.15) is 0 Å². The van der Waals surface area contributed by atoms with Gasteiger partial charge in [-0.05, 0) is 13.8 Å². The molecule has 0 atom stereocenters. The molecule has 0 saturated heterocycles. The van der Waals surface area contributed by atoms with Crippen molar-refractivity contribution < 1.29 is 19.7 Å². The van der Waals surface area contributed by atoms with Gasteiger partial charge in [0.05, 0.1) is 31.8 Å². The maximum absolute atomic E-state index is 10.9. The maximum atomic E-state index is 10.9. The zero-order valence-electron chi connectivity index (χ0n) is 8.75. The molecule has 0 heterocycles. The van der Waals surface area contributed by atoms with Gasteiger partial charge in [0.25, 0.3) is 0 Å². The Bertz CT molecular complexity index is 168. The van der Waals surface area contributed by atoms with Crippen LogP contribution in [0.3, 0.4) is 0 Å². The maximum Gasteiger partial charge on any atom is 0.307 e. The van der Waals surface area contributed by atoms with Crippen LogP contribution in [0.25, 0.3) is 0 Å². The van der Waals surface area contributed by atoms with E-state index in [2.05, 4.69) is 5.32 Å². The van der Waals surface area contributed by atoms with Crippen LogP contribution in [0.1, 0.15) is 20.3 Å². The highest BCUT2D eigenvalue weighted by Crippen LogP contribution is 2.00. The fourth-order valence-corrected chi connectivity index (χ4v) is 0.861. The Kier molecular flexibility index (Phi) is 6.44. The number of nitrogens with one attached hydrogen (secondary N) is 1. The predicted octanol–water partition coefficient (Wildman–Crippen LogP) is -0.727. The second-order valence-corrected chi connectivity index (χ2v) is 3.36. The molecular formula is C9H19NO4. The van der Waals surface area contributed by atoms with Crippen LogP contribution in [0.15, 0.2) is 0 Å². The van der Waals surface area contributed by atoms with Gasteiger partial charge in [-0.25, -0.2) is 0 Å². The number of hydrogen-bond acceptors (Lipinski definition) is 5. The molecular weight excluding hydrogens is 186 g/mol. The molecule has 0 aromatic heterocycles. The molecule has 84 valence electrons. The molecule has 0 aliphatic heterocycles. The van der Waals surface area contributed by atoms with Crippen molar-refractivity contribution in [2.24, 2.45) is 0 Å². The summed E-state index contributed by atoms with van der Waals surface area (Å²) in [6, 6.07) is 0.